The number of nitrogen functional groups attached to an aromatic ring is 1. The lowest BCUT2D eigenvalue weighted by Gasteiger charge is -2.30. The molecule has 108 valence electrons. The van der Waals surface area contributed by atoms with E-state index < -0.39 is 0 Å². The van der Waals surface area contributed by atoms with E-state index in [1.54, 1.807) is 18.2 Å². The van der Waals surface area contributed by atoms with E-state index in [0.29, 0.717) is 16.3 Å². The van der Waals surface area contributed by atoms with Crippen molar-refractivity contribution in [2.45, 2.75) is 19.8 Å². The summed E-state index contributed by atoms with van der Waals surface area (Å²) >= 11 is 6.00. The molecule has 1 aliphatic rings. The molecule has 0 unspecified atom stereocenters. The molecule has 3 rings (SSSR count). The van der Waals surface area contributed by atoms with Crippen LogP contribution in [0.3, 0.4) is 0 Å². The van der Waals surface area contributed by atoms with E-state index in [2.05, 4.69) is 13.0 Å². The van der Waals surface area contributed by atoms with Gasteiger partial charge in [-0.05, 0) is 49.6 Å². The summed E-state index contributed by atoms with van der Waals surface area (Å²) in [5.41, 5.74) is 10.3. The Kier molecular flexibility index (Phi) is 3.60. The predicted molar refractivity (Wildman–Crippen MR) is 87.0 cm³/mol. The van der Waals surface area contributed by atoms with Gasteiger partial charge in [0.25, 0.3) is 5.91 Å². The third kappa shape index (κ3) is 2.74. The second-order valence-corrected chi connectivity index (χ2v) is 5.90. The SMILES string of the molecule is Cc1ccc2c(c1)CCCN2C(=O)c1cc(N)cc(Cl)c1. The van der Waals surface area contributed by atoms with Crippen molar-refractivity contribution in [2.24, 2.45) is 0 Å². The Morgan fingerprint density at radius 2 is 2.05 bits per heavy atom. The molecule has 21 heavy (non-hydrogen) atoms. The highest BCUT2D eigenvalue weighted by atomic mass is 35.5. The van der Waals surface area contributed by atoms with Crippen molar-refractivity contribution in [3.63, 3.8) is 0 Å². The molecule has 2 N–H and O–H groups in total. The Labute approximate surface area is 129 Å². The van der Waals surface area contributed by atoms with Gasteiger partial charge in [-0.15, -0.1) is 0 Å². The molecule has 0 saturated carbocycles. The van der Waals surface area contributed by atoms with Crippen LogP contribution in [-0.2, 0) is 6.42 Å². The second kappa shape index (κ2) is 5.41. The molecule has 1 heterocycles. The van der Waals surface area contributed by atoms with E-state index in [1.807, 2.05) is 17.0 Å². The molecular formula is C17H17ClN2O. The third-order valence-electron chi connectivity index (χ3n) is 3.77. The van der Waals surface area contributed by atoms with E-state index in [0.717, 1.165) is 25.1 Å². The molecule has 0 fully saturated rings. The number of anilines is 2. The molecule has 2 aromatic rings. The van der Waals surface area contributed by atoms with Crippen molar-refractivity contribution in [1.29, 1.82) is 0 Å². The molecule has 2 aromatic carbocycles. The fourth-order valence-electron chi connectivity index (χ4n) is 2.83. The average Bonchev–Trinajstić information content (AvgIpc) is 2.44. The van der Waals surface area contributed by atoms with Crippen LogP contribution in [0.4, 0.5) is 11.4 Å². The Balaban J connectivity index is 2.00. The van der Waals surface area contributed by atoms with Gasteiger partial charge in [-0.25, -0.2) is 0 Å². The van der Waals surface area contributed by atoms with Crippen LogP contribution in [0, 0.1) is 6.92 Å². The quantitative estimate of drug-likeness (QED) is 0.814. The van der Waals surface area contributed by atoms with Crippen LogP contribution in [0.25, 0.3) is 0 Å². The van der Waals surface area contributed by atoms with Crippen molar-refractivity contribution in [3.05, 3.63) is 58.1 Å². The zero-order chi connectivity index (χ0) is 15.0. The number of hydrogen-bond donors (Lipinski definition) is 1. The molecular weight excluding hydrogens is 284 g/mol. The van der Waals surface area contributed by atoms with Crippen LogP contribution in [-0.4, -0.2) is 12.5 Å². The molecule has 0 spiro atoms. The maximum absolute atomic E-state index is 12.8. The summed E-state index contributed by atoms with van der Waals surface area (Å²) in [5, 5.41) is 0.486. The lowest BCUT2D eigenvalue weighted by atomic mass is 9.99. The normalized spacial score (nSPS) is 13.9. The van der Waals surface area contributed by atoms with Gasteiger partial charge in [-0.2, -0.15) is 0 Å². The summed E-state index contributed by atoms with van der Waals surface area (Å²) in [4.78, 5) is 14.6. The van der Waals surface area contributed by atoms with E-state index in [9.17, 15) is 4.79 Å². The summed E-state index contributed by atoms with van der Waals surface area (Å²) in [6.45, 7) is 2.79. The van der Waals surface area contributed by atoms with Crippen molar-refractivity contribution < 1.29 is 4.79 Å². The van der Waals surface area contributed by atoms with Crippen LogP contribution in [0.2, 0.25) is 5.02 Å². The van der Waals surface area contributed by atoms with Gasteiger partial charge in [0.05, 0.1) is 0 Å². The zero-order valence-electron chi connectivity index (χ0n) is 11.9. The first-order valence-electron chi connectivity index (χ1n) is 7.02. The van der Waals surface area contributed by atoms with Crippen LogP contribution >= 0.6 is 11.6 Å². The van der Waals surface area contributed by atoms with Gasteiger partial charge in [0.15, 0.2) is 0 Å². The summed E-state index contributed by atoms with van der Waals surface area (Å²) < 4.78 is 0. The summed E-state index contributed by atoms with van der Waals surface area (Å²) in [6.07, 6.45) is 1.98. The molecule has 1 amide bonds. The lowest BCUT2D eigenvalue weighted by molar-refractivity contribution is 0.0985. The van der Waals surface area contributed by atoms with Gasteiger partial charge in [0.2, 0.25) is 0 Å². The number of hydrogen-bond acceptors (Lipinski definition) is 2. The number of nitrogens with two attached hydrogens (primary N) is 1. The topological polar surface area (TPSA) is 46.3 Å². The zero-order valence-corrected chi connectivity index (χ0v) is 12.7. The van der Waals surface area contributed by atoms with E-state index >= 15 is 0 Å². The van der Waals surface area contributed by atoms with Crippen LogP contribution in [0.15, 0.2) is 36.4 Å². The van der Waals surface area contributed by atoms with Gasteiger partial charge < -0.3 is 10.6 Å². The van der Waals surface area contributed by atoms with Crippen LogP contribution < -0.4 is 10.6 Å². The fourth-order valence-corrected chi connectivity index (χ4v) is 3.07. The highest BCUT2D eigenvalue weighted by Gasteiger charge is 2.23. The first-order chi connectivity index (χ1) is 10.0. The van der Waals surface area contributed by atoms with Crippen molar-refractivity contribution >= 4 is 28.9 Å². The molecule has 0 saturated heterocycles. The van der Waals surface area contributed by atoms with Gasteiger partial charge in [0, 0.05) is 28.5 Å². The number of benzene rings is 2. The molecule has 4 heteroatoms. The standard InChI is InChI=1S/C17H17ClN2O/c1-11-4-5-16-12(7-11)3-2-6-20(16)17(21)13-8-14(18)10-15(19)9-13/h4-5,7-10H,2-3,6,19H2,1H3. The largest absolute Gasteiger partial charge is 0.399 e. The third-order valence-corrected chi connectivity index (χ3v) is 3.98. The number of halogens is 1. The highest BCUT2D eigenvalue weighted by molar-refractivity contribution is 6.31. The highest BCUT2D eigenvalue weighted by Crippen LogP contribution is 2.30. The monoisotopic (exact) mass is 300 g/mol. The maximum atomic E-state index is 12.8. The second-order valence-electron chi connectivity index (χ2n) is 5.47. The minimum Gasteiger partial charge on any atom is -0.399 e. The molecule has 0 bridgehead atoms. The number of carbonyl (C=O) groups excluding carboxylic acids is 1. The van der Waals surface area contributed by atoms with Gasteiger partial charge >= 0.3 is 0 Å². The first-order valence-corrected chi connectivity index (χ1v) is 7.40. The number of rotatable bonds is 1. The Morgan fingerprint density at radius 3 is 2.81 bits per heavy atom. The van der Waals surface area contributed by atoms with Gasteiger partial charge in [-0.1, -0.05) is 29.3 Å². The molecule has 3 nitrogen and oxygen atoms in total. The van der Waals surface area contributed by atoms with Crippen molar-refractivity contribution in [3.8, 4) is 0 Å². The first kappa shape index (κ1) is 14.0. The van der Waals surface area contributed by atoms with E-state index in [4.69, 9.17) is 17.3 Å². The van der Waals surface area contributed by atoms with E-state index in [1.165, 1.54) is 11.1 Å². The van der Waals surface area contributed by atoms with Crippen molar-refractivity contribution in [1.82, 2.24) is 0 Å². The molecule has 1 aliphatic heterocycles. The minimum absolute atomic E-state index is 0.0472. The molecule has 0 radical (unpaired) electrons. The van der Waals surface area contributed by atoms with Crippen molar-refractivity contribution in [2.75, 3.05) is 17.2 Å². The Hall–Kier alpha value is -2.00. The number of amides is 1. The smallest absolute Gasteiger partial charge is 0.258 e. The average molecular weight is 301 g/mol. The van der Waals surface area contributed by atoms with Gasteiger partial charge in [-0.3, -0.25) is 4.79 Å². The van der Waals surface area contributed by atoms with Crippen LogP contribution in [0.1, 0.15) is 27.9 Å². The molecule has 0 atom stereocenters. The fraction of sp³-hybridized carbons (Fsp3) is 0.235. The summed E-state index contributed by atoms with van der Waals surface area (Å²) in [5.74, 6) is -0.0472. The summed E-state index contributed by atoms with van der Waals surface area (Å²) in [7, 11) is 0. The molecule has 0 aliphatic carbocycles. The number of aryl methyl sites for hydroxylation is 2. The Bertz CT molecular complexity index is 692. The summed E-state index contributed by atoms with van der Waals surface area (Å²) in [6, 6.07) is 11.2. The minimum atomic E-state index is -0.0472. The number of carbonyl (C=O) groups is 1. The lowest BCUT2D eigenvalue weighted by Crippen LogP contribution is -2.35. The predicted octanol–water partition coefficient (Wildman–Crippen LogP) is 3.82. The Morgan fingerprint density at radius 1 is 1.24 bits per heavy atom. The van der Waals surface area contributed by atoms with Crippen LogP contribution in [0.5, 0.6) is 0 Å². The number of fused-ring (bicyclic) bond motifs is 1. The molecule has 0 aromatic heterocycles. The van der Waals surface area contributed by atoms with E-state index in [-0.39, 0.29) is 5.91 Å². The van der Waals surface area contributed by atoms with Gasteiger partial charge in [0.1, 0.15) is 0 Å². The maximum Gasteiger partial charge on any atom is 0.258 e. The number of nitrogens with zero attached hydrogens (tertiary/aromatic N) is 1.